The van der Waals surface area contributed by atoms with E-state index in [2.05, 4.69) is 180 Å². The fourth-order valence-electron chi connectivity index (χ4n) is 14.1. The van der Waals surface area contributed by atoms with Crippen LogP contribution in [0.3, 0.4) is 0 Å². The number of hydrogen-bond acceptors (Lipinski definition) is 0. The van der Waals surface area contributed by atoms with E-state index in [0.717, 1.165) is 42.1 Å². The third kappa shape index (κ3) is 5.65. The molecule has 0 aliphatic heterocycles. The van der Waals surface area contributed by atoms with Crippen molar-refractivity contribution in [2.45, 2.75) is 118 Å². The van der Waals surface area contributed by atoms with Gasteiger partial charge in [0, 0.05) is 0 Å². The van der Waals surface area contributed by atoms with Crippen LogP contribution < -0.4 is 6.54 Å². The van der Waals surface area contributed by atoms with Crippen molar-refractivity contribution in [3.05, 3.63) is 144 Å². The van der Waals surface area contributed by atoms with Gasteiger partial charge in [0.2, 0.25) is 0 Å². The van der Waals surface area contributed by atoms with Gasteiger partial charge in [0.15, 0.2) is 0 Å². The van der Waals surface area contributed by atoms with E-state index in [1.54, 1.807) is 20.0 Å². The topological polar surface area (TPSA) is 0 Å². The van der Waals surface area contributed by atoms with Crippen molar-refractivity contribution < 1.29 is 18.3 Å². The second kappa shape index (κ2) is 14.9. The summed E-state index contributed by atoms with van der Waals surface area (Å²) in [4.78, 5) is 0. The molecule has 0 spiro atoms. The molecule has 3 aromatic rings. The van der Waals surface area contributed by atoms with Crippen LogP contribution in [-0.4, -0.2) is 4.21 Å². The van der Waals surface area contributed by atoms with E-state index in [4.69, 9.17) is 27.4 Å². The molecule has 5 aliphatic rings. The Morgan fingerprint density at radius 3 is 1.93 bits per heavy atom. The number of halogens is 4. The zero-order valence-electron chi connectivity index (χ0n) is 37.7. The summed E-state index contributed by atoms with van der Waals surface area (Å²) in [6, 6.07) is 27.5. The first-order valence-electron chi connectivity index (χ1n) is 21.8. The molecule has 59 heavy (non-hydrogen) atoms. The number of hydrogen-bond donors (Lipinski definition) is 0. The average Bonchev–Trinajstić information content (AvgIpc) is 3.77. The Morgan fingerprint density at radius 1 is 0.780 bits per heavy atom. The second-order valence-corrected chi connectivity index (χ2v) is 36.3. The van der Waals surface area contributed by atoms with Crippen LogP contribution in [0.5, 0.6) is 0 Å². The molecule has 316 valence electrons. The predicted octanol–water partition coefficient (Wildman–Crippen LogP) is 15.8. The normalized spacial score (nSPS) is 27.7. The second-order valence-electron chi connectivity index (χ2n) is 21.6. The van der Waals surface area contributed by atoms with E-state index in [0.29, 0.717) is 5.92 Å². The fourth-order valence-corrected chi connectivity index (χ4v) is 36.6. The van der Waals surface area contributed by atoms with E-state index in [9.17, 15) is 0 Å². The summed E-state index contributed by atoms with van der Waals surface area (Å²) in [6.07, 6.45) is 15.7. The van der Waals surface area contributed by atoms with Crippen molar-refractivity contribution in [3.8, 4) is 0 Å². The summed E-state index contributed by atoms with van der Waals surface area (Å²) in [5.74, 6) is 0.617. The van der Waals surface area contributed by atoms with Gasteiger partial charge in [-0.15, -0.1) is 24.8 Å². The van der Waals surface area contributed by atoms with Crippen molar-refractivity contribution in [3.63, 3.8) is 0 Å². The first kappa shape index (κ1) is 46.8. The maximum absolute atomic E-state index is 7.32. The van der Waals surface area contributed by atoms with E-state index < -0.39 is 21.4 Å². The predicted molar refractivity (Wildman–Crippen MR) is 262 cm³/mol. The van der Waals surface area contributed by atoms with Crippen LogP contribution in [0.1, 0.15) is 120 Å². The zero-order chi connectivity index (χ0) is 41.4. The van der Waals surface area contributed by atoms with Crippen molar-refractivity contribution in [1.82, 2.24) is 0 Å². The summed E-state index contributed by atoms with van der Waals surface area (Å²) in [7, 11) is 0. The number of benzene rings is 3. The molecule has 1 fully saturated rings. The summed E-state index contributed by atoms with van der Waals surface area (Å²) in [6.45, 7) is 30.8. The van der Waals surface area contributed by atoms with Gasteiger partial charge in [-0.3, -0.25) is 0 Å². The first-order chi connectivity index (χ1) is 26.6. The van der Waals surface area contributed by atoms with E-state index in [-0.39, 0.29) is 57.8 Å². The Hall–Kier alpha value is -1.73. The van der Waals surface area contributed by atoms with E-state index in [1.165, 1.54) is 28.8 Å². The van der Waals surface area contributed by atoms with E-state index in [1.807, 2.05) is 0 Å². The minimum absolute atomic E-state index is 0. The molecule has 0 aromatic heterocycles. The minimum atomic E-state index is -5.62. The maximum atomic E-state index is 7.32. The molecule has 0 saturated heterocycles. The van der Waals surface area contributed by atoms with Crippen LogP contribution in [0.2, 0.25) is 13.2 Å². The molecular weight excluding hydrogens is 882 g/mol. The first-order valence-corrected chi connectivity index (χ1v) is 29.2. The third-order valence-electron chi connectivity index (χ3n) is 18.5. The van der Waals surface area contributed by atoms with Crippen LogP contribution in [0, 0.1) is 38.9 Å². The van der Waals surface area contributed by atoms with Crippen LogP contribution in [0.4, 0.5) is 0 Å². The number of rotatable bonds is 6. The molecule has 0 N–H and O–H groups in total. The molecule has 3 aromatic carbocycles. The van der Waals surface area contributed by atoms with Crippen molar-refractivity contribution in [2.24, 2.45) is 38.9 Å². The quantitative estimate of drug-likeness (QED) is 0.231. The molecule has 0 amide bonds. The van der Waals surface area contributed by atoms with Gasteiger partial charge < -0.3 is 0 Å². The van der Waals surface area contributed by atoms with Crippen molar-refractivity contribution in [2.75, 3.05) is 0 Å². The molecule has 1 saturated carbocycles. The summed E-state index contributed by atoms with van der Waals surface area (Å²) in [5, 5.41) is 1.56. The van der Waals surface area contributed by atoms with Crippen LogP contribution in [-0.2, 0) is 24.7 Å². The monoisotopic (exact) mass is 946 g/mol. The Bertz CT molecular complexity index is 2390. The van der Waals surface area contributed by atoms with Gasteiger partial charge in [-0.1, -0.05) is 0 Å². The average molecular weight is 950 g/mol. The summed E-state index contributed by atoms with van der Waals surface area (Å²) < 4.78 is 10.1. The van der Waals surface area contributed by atoms with Gasteiger partial charge in [-0.2, -0.15) is 0 Å². The fraction of sp³-hybridized carbons (Fsp3) is 0.463. The molecule has 0 bridgehead atoms. The molecule has 5 heteroatoms. The molecule has 5 aliphatic carbocycles. The zero-order valence-corrected chi connectivity index (χ0v) is 43.3. The van der Waals surface area contributed by atoms with Gasteiger partial charge in [0.05, 0.1) is 0 Å². The van der Waals surface area contributed by atoms with Gasteiger partial charge in [-0.25, -0.2) is 0 Å². The standard InChI is InChI=1S/C29H37.C12H19.2C6H4Cl.CH2.2ClH.Zr/c1-18-25-22-17-19-13-9-10-14-20(19)24(22)21-15-11-12-16-23(21)29(25,8)28(6,7)27(4,5)26(18,2)3;1-5-6-10-7-8-11(9-10)12(2,3)4;2*7-6-4-2-1-3-5-6;;;;/h9-11,13-15,23H,12,16-17H2,1-8H3;8-10H,5-6H2,1-4H3;2*1-2,4-5H;1H2;2*1H;. The summed E-state index contributed by atoms with van der Waals surface area (Å²) >= 11 is 9.02. The molecular formula is C54H68Cl4Zr. The molecule has 4 unspecified atom stereocenters. The third-order valence-corrected chi connectivity index (χ3v) is 38.7. The Labute approximate surface area is 380 Å². The SMILES string of the molecule is Cl.Cl.[CH2]=[Zr]([C]1=CC(C(C)(C)C)=CC1CCC)([c]1cccc(Cl)c1)([c]1cccc(Cl)c1)[C]1(C)C2=C3Cc4ccccc4C3=C3C=CCCC3C2(C)C(C)(C)C(C)(C)C1(C)C. The number of fused-ring (bicyclic) bond motifs is 6. The Balaban J connectivity index is 0.00000293. The summed E-state index contributed by atoms with van der Waals surface area (Å²) in [5.41, 5.74) is 9.91. The van der Waals surface area contributed by atoms with Gasteiger partial charge in [0.1, 0.15) is 0 Å². The molecule has 0 radical (unpaired) electrons. The van der Waals surface area contributed by atoms with Gasteiger partial charge in [-0.05, 0) is 0 Å². The van der Waals surface area contributed by atoms with Crippen molar-refractivity contribution in [1.29, 1.82) is 0 Å². The molecule has 0 heterocycles. The van der Waals surface area contributed by atoms with Crippen LogP contribution in [0.15, 0.2) is 123 Å². The Kier molecular flexibility index (Phi) is 11.8. The van der Waals surface area contributed by atoms with Gasteiger partial charge >= 0.3 is 359 Å². The van der Waals surface area contributed by atoms with E-state index >= 15 is 0 Å². The van der Waals surface area contributed by atoms with Crippen molar-refractivity contribution >= 4 is 64.3 Å². The van der Waals surface area contributed by atoms with Gasteiger partial charge in [0.25, 0.3) is 0 Å². The molecule has 4 atom stereocenters. The Morgan fingerprint density at radius 2 is 1.37 bits per heavy atom. The van der Waals surface area contributed by atoms with Crippen LogP contribution in [0.25, 0.3) is 5.57 Å². The number of allylic oxidation sites excluding steroid dienone is 10. The molecule has 0 nitrogen and oxygen atoms in total. The molecule has 8 rings (SSSR count). The van der Waals surface area contributed by atoms with Crippen LogP contribution >= 0.6 is 48.0 Å².